The number of aryl methyl sites for hydroxylation is 1. The summed E-state index contributed by atoms with van der Waals surface area (Å²) in [5.41, 5.74) is 0.0244. The van der Waals surface area contributed by atoms with Crippen molar-refractivity contribution >= 4 is 22.0 Å². The third kappa shape index (κ3) is 4.05. The van der Waals surface area contributed by atoms with Gasteiger partial charge in [0.2, 0.25) is 5.09 Å². The summed E-state index contributed by atoms with van der Waals surface area (Å²) in [6.45, 7) is 2.12. The zero-order chi connectivity index (χ0) is 23.4. The van der Waals surface area contributed by atoms with Gasteiger partial charge < -0.3 is 19.8 Å². The van der Waals surface area contributed by atoms with Gasteiger partial charge in [-0.3, -0.25) is 0 Å². The van der Waals surface area contributed by atoms with Crippen molar-refractivity contribution in [1.82, 2.24) is 14.9 Å². The number of piperidine rings is 1. The van der Waals surface area contributed by atoms with Gasteiger partial charge >= 0.3 is 12.0 Å². The molecular weight excluding hydrogens is 446 g/mol. The van der Waals surface area contributed by atoms with Gasteiger partial charge in [0.1, 0.15) is 11.3 Å². The summed E-state index contributed by atoms with van der Waals surface area (Å²) in [5, 5.41) is 5.93. The monoisotopic (exact) mass is 479 g/mol. The Morgan fingerprint density at radius 3 is 2.61 bits per heavy atom. The van der Waals surface area contributed by atoms with Crippen LogP contribution in [0.2, 0.25) is 0 Å². The SMILES string of the molecule is COC(=O)c1cc(S(=O)(=O)N2CCCCC2CNC(=O)NC23CC4C[C@H](C2)[C@@H](C4)C3)oc1C. The number of carbonyl (C=O) groups excluding carboxylic acids is 2. The lowest BCUT2D eigenvalue weighted by atomic mass is 9.76. The summed E-state index contributed by atoms with van der Waals surface area (Å²) in [4.78, 5) is 24.7. The molecule has 6 rings (SSSR count). The molecule has 5 aliphatic rings. The Bertz CT molecular complexity index is 1030. The fraction of sp³-hybridized carbons (Fsp3) is 0.739. The zero-order valence-corrected chi connectivity index (χ0v) is 20.1. The molecule has 4 aliphatic carbocycles. The second kappa shape index (κ2) is 8.30. The molecule has 0 radical (unpaired) electrons. The van der Waals surface area contributed by atoms with Crippen molar-refractivity contribution in [3.63, 3.8) is 0 Å². The summed E-state index contributed by atoms with van der Waals surface area (Å²) in [5.74, 6) is 1.82. The molecule has 4 saturated carbocycles. The first-order chi connectivity index (χ1) is 15.7. The summed E-state index contributed by atoms with van der Waals surface area (Å²) >= 11 is 0. The van der Waals surface area contributed by atoms with Gasteiger partial charge in [0.15, 0.2) is 0 Å². The van der Waals surface area contributed by atoms with Crippen molar-refractivity contribution in [1.29, 1.82) is 0 Å². The van der Waals surface area contributed by atoms with E-state index in [9.17, 15) is 18.0 Å². The van der Waals surface area contributed by atoms with Crippen LogP contribution in [-0.4, -0.2) is 56.5 Å². The fourth-order valence-corrected chi connectivity index (χ4v) is 8.63. The number of hydrogen-bond acceptors (Lipinski definition) is 6. The van der Waals surface area contributed by atoms with Crippen molar-refractivity contribution in [3.05, 3.63) is 17.4 Å². The molecule has 1 aromatic rings. The predicted octanol–water partition coefficient (Wildman–Crippen LogP) is 2.80. The van der Waals surface area contributed by atoms with Crippen molar-refractivity contribution in [3.8, 4) is 0 Å². The van der Waals surface area contributed by atoms with Gasteiger partial charge in [0.05, 0.1) is 7.11 Å². The number of ether oxygens (including phenoxy) is 1. The molecule has 3 unspecified atom stereocenters. The lowest BCUT2D eigenvalue weighted by Crippen LogP contribution is -2.56. The van der Waals surface area contributed by atoms with E-state index in [2.05, 4.69) is 10.6 Å². The summed E-state index contributed by atoms with van der Waals surface area (Å²) in [6.07, 6.45) is 8.12. The van der Waals surface area contributed by atoms with E-state index in [0.717, 1.165) is 49.9 Å². The van der Waals surface area contributed by atoms with Gasteiger partial charge in [-0.05, 0) is 69.6 Å². The van der Waals surface area contributed by atoms with E-state index in [0.29, 0.717) is 13.0 Å². The van der Waals surface area contributed by atoms with Gasteiger partial charge in [0, 0.05) is 30.7 Å². The number of urea groups is 1. The number of rotatable bonds is 6. The first-order valence-corrected chi connectivity index (χ1v) is 13.4. The van der Waals surface area contributed by atoms with Crippen LogP contribution >= 0.6 is 0 Å². The van der Waals surface area contributed by atoms with E-state index in [4.69, 9.17) is 9.15 Å². The Morgan fingerprint density at radius 1 is 1.21 bits per heavy atom. The summed E-state index contributed by atoms with van der Waals surface area (Å²) < 4.78 is 38.2. The minimum absolute atomic E-state index is 0.0745. The zero-order valence-electron chi connectivity index (χ0n) is 19.3. The number of carbonyl (C=O) groups is 2. The summed E-state index contributed by atoms with van der Waals surface area (Å²) in [7, 11) is -2.72. The lowest BCUT2D eigenvalue weighted by molar-refractivity contribution is 0.0598. The number of furan rings is 1. The van der Waals surface area contributed by atoms with E-state index < -0.39 is 16.0 Å². The molecule has 0 aromatic carbocycles. The number of nitrogens with zero attached hydrogens (tertiary/aromatic N) is 1. The minimum Gasteiger partial charge on any atom is -0.465 e. The Morgan fingerprint density at radius 2 is 1.94 bits per heavy atom. The highest BCUT2D eigenvalue weighted by Gasteiger charge is 2.56. The predicted molar refractivity (Wildman–Crippen MR) is 119 cm³/mol. The largest absolute Gasteiger partial charge is 0.465 e. The van der Waals surface area contributed by atoms with Crippen LogP contribution in [0.5, 0.6) is 0 Å². The molecule has 182 valence electrons. The molecule has 0 spiro atoms. The van der Waals surface area contributed by atoms with Gasteiger partial charge in [-0.2, -0.15) is 4.31 Å². The van der Waals surface area contributed by atoms with Gasteiger partial charge in [-0.25, -0.2) is 18.0 Å². The topological polar surface area (TPSA) is 118 Å². The Hall–Kier alpha value is -2.07. The van der Waals surface area contributed by atoms with Crippen LogP contribution in [0.1, 0.15) is 67.5 Å². The first-order valence-electron chi connectivity index (χ1n) is 12.0. The molecule has 9 nitrogen and oxygen atoms in total. The van der Waals surface area contributed by atoms with E-state index >= 15 is 0 Å². The third-order valence-electron chi connectivity index (χ3n) is 8.24. The molecule has 1 saturated heterocycles. The van der Waals surface area contributed by atoms with Gasteiger partial charge in [-0.15, -0.1) is 0 Å². The molecule has 4 bridgehead atoms. The number of amides is 2. The smallest absolute Gasteiger partial charge is 0.341 e. The molecule has 5 fully saturated rings. The second-order valence-corrected chi connectivity index (χ2v) is 12.2. The molecule has 1 aromatic heterocycles. The second-order valence-electron chi connectivity index (χ2n) is 10.4. The Balaban J connectivity index is 1.24. The van der Waals surface area contributed by atoms with Crippen molar-refractivity contribution in [2.75, 3.05) is 20.2 Å². The highest BCUT2D eigenvalue weighted by Crippen LogP contribution is 2.59. The van der Waals surface area contributed by atoms with Gasteiger partial charge in [0.25, 0.3) is 10.0 Å². The standard InChI is InChI=1S/C23H33N3O6S/c1-14-19(21(27)31-2)9-20(32-14)33(29,30)26-6-4-3-5-18(26)13-24-22(28)25-23-10-15-7-16(11-23)17(8-15)12-23/h9,15-18H,3-8,10-13H2,1-2H3,(H2,24,25,28)/t15?,16-,17+,18?,23?. The minimum atomic E-state index is -3.95. The molecule has 2 amide bonds. The normalized spacial score (nSPS) is 33.3. The lowest BCUT2D eigenvalue weighted by Gasteiger charge is -2.39. The summed E-state index contributed by atoms with van der Waals surface area (Å²) in [6, 6.07) is 0.656. The van der Waals surface area contributed by atoms with Crippen LogP contribution in [0.4, 0.5) is 4.79 Å². The maximum absolute atomic E-state index is 13.3. The Kier molecular flexibility index (Phi) is 5.71. The van der Waals surface area contributed by atoms with Crippen LogP contribution < -0.4 is 10.6 Å². The highest BCUT2D eigenvalue weighted by molar-refractivity contribution is 7.89. The van der Waals surface area contributed by atoms with E-state index in [1.807, 2.05) is 0 Å². The molecule has 1 aliphatic heterocycles. The number of esters is 1. The molecule has 10 heteroatoms. The number of hydrogen-bond donors (Lipinski definition) is 2. The van der Waals surface area contributed by atoms with Crippen molar-refractivity contribution < 1.29 is 27.2 Å². The first kappa shape index (κ1) is 22.7. The van der Waals surface area contributed by atoms with E-state index in [-0.39, 0.29) is 40.6 Å². The van der Waals surface area contributed by atoms with Crippen LogP contribution in [0.25, 0.3) is 0 Å². The number of nitrogens with one attached hydrogen (secondary N) is 2. The van der Waals surface area contributed by atoms with E-state index in [1.165, 1.54) is 37.2 Å². The Labute approximate surface area is 194 Å². The van der Waals surface area contributed by atoms with E-state index in [1.54, 1.807) is 0 Å². The highest BCUT2D eigenvalue weighted by atomic mass is 32.2. The number of sulfonamides is 1. The molecular formula is C23H33N3O6S. The average Bonchev–Trinajstić information content (AvgIpc) is 3.38. The van der Waals surface area contributed by atoms with Crippen LogP contribution in [-0.2, 0) is 14.8 Å². The quantitative estimate of drug-likeness (QED) is 0.606. The van der Waals surface area contributed by atoms with Gasteiger partial charge in [-0.1, -0.05) is 6.42 Å². The van der Waals surface area contributed by atoms with Crippen molar-refractivity contribution in [2.24, 2.45) is 17.8 Å². The fourth-order valence-electron chi connectivity index (χ4n) is 6.96. The molecule has 2 heterocycles. The molecule has 5 atom stereocenters. The third-order valence-corrected chi connectivity index (χ3v) is 10.0. The molecule has 2 N–H and O–H groups in total. The van der Waals surface area contributed by atoms with Crippen LogP contribution in [0.3, 0.4) is 0 Å². The van der Waals surface area contributed by atoms with Crippen LogP contribution in [0.15, 0.2) is 15.6 Å². The average molecular weight is 480 g/mol. The maximum atomic E-state index is 13.3. The molecule has 33 heavy (non-hydrogen) atoms. The van der Waals surface area contributed by atoms with Crippen molar-refractivity contribution in [2.45, 2.75) is 75.0 Å². The maximum Gasteiger partial charge on any atom is 0.341 e. The van der Waals surface area contributed by atoms with Crippen LogP contribution in [0, 0.1) is 24.7 Å². The number of methoxy groups -OCH3 is 1.